The molecule has 0 aliphatic carbocycles. The number of benzene rings is 1. The van der Waals surface area contributed by atoms with E-state index in [1.165, 1.54) is 0 Å². The maximum absolute atomic E-state index is 13.1. The van der Waals surface area contributed by atoms with E-state index in [4.69, 9.17) is 9.84 Å². The molecule has 0 aromatic heterocycles. The summed E-state index contributed by atoms with van der Waals surface area (Å²) in [6.07, 6.45) is 0.651. The van der Waals surface area contributed by atoms with Crippen LogP contribution in [-0.4, -0.2) is 66.1 Å². The second kappa shape index (κ2) is 6.20. The smallest absolute Gasteiger partial charge is 0.248 e. The molecule has 1 aromatic rings. The van der Waals surface area contributed by atoms with Crippen molar-refractivity contribution in [3.63, 3.8) is 0 Å². The molecule has 23 heavy (non-hydrogen) atoms. The van der Waals surface area contributed by atoms with Crippen LogP contribution in [0.15, 0.2) is 24.3 Å². The van der Waals surface area contributed by atoms with Gasteiger partial charge in [-0.1, -0.05) is 18.2 Å². The van der Waals surface area contributed by atoms with Crippen LogP contribution >= 0.6 is 0 Å². The molecular formula is C17H22N2O4. The van der Waals surface area contributed by atoms with Gasteiger partial charge in [-0.2, -0.15) is 0 Å². The summed E-state index contributed by atoms with van der Waals surface area (Å²) >= 11 is 0. The number of aliphatic hydroxyl groups excluding tert-OH is 1. The minimum absolute atomic E-state index is 0.0874. The Labute approximate surface area is 135 Å². The molecule has 2 aliphatic rings. The molecule has 0 radical (unpaired) electrons. The van der Waals surface area contributed by atoms with E-state index in [0.717, 1.165) is 11.3 Å². The molecule has 2 heterocycles. The third-order valence-corrected chi connectivity index (χ3v) is 4.87. The second-order valence-corrected chi connectivity index (χ2v) is 6.26. The molecule has 1 atom stereocenters. The highest BCUT2D eigenvalue weighted by molar-refractivity contribution is 5.89. The average molecular weight is 318 g/mol. The van der Waals surface area contributed by atoms with Crippen molar-refractivity contribution in [2.24, 2.45) is 0 Å². The maximum atomic E-state index is 13.1. The lowest BCUT2D eigenvalue weighted by Gasteiger charge is -2.41. The quantitative estimate of drug-likeness (QED) is 0.856. The topological polar surface area (TPSA) is 70.1 Å². The molecule has 1 saturated heterocycles. The van der Waals surface area contributed by atoms with Gasteiger partial charge in [-0.15, -0.1) is 0 Å². The number of aliphatic hydroxyl groups is 1. The number of fused-ring (bicyclic) bond motifs is 1. The van der Waals surface area contributed by atoms with E-state index in [9.17, 15) is 9.59 Å². The number of piperazine rings is 1. The van der Waals surface area contributed by atoms with Gasteiger partial charge >= 0.3 is 0 Å². The number of carbonyl (C=O) groups is 2. The van der Waals surface area contributed by atoms with Crippen LogP contribution in [0.1, 0.15) is 18.9 Å². The minimum atomic E-state index is -0.585. The number of rotatable bonds is 2. The molecule has 0 bridgehead atoms. The van der Waals surface area contributed by atoms with Crippen LogP contribution in [0.4, 0.5) is 0 Å². The van der Waals surface area contributed by atoms with Crippen molar-refractivity contribution in [1.29, 1.82) is 0 Å². The number of ether oxygens (including phenoxy) is 1. The van der Waals surface area contributed by atoms with Crippen LogP contribution in [0, 0.1) is 0 Å². The number of amides is 2. The second-order valence-electron chi connectivity index (χ2n) is 6.26. The summed E-state index contributed by atoms with van der Waals surface area (Å²) in [7, 11) is 0. The van der Waals surface area contributed by atoms with Gasteiger partial charge in [0.25, 0.3) is 0 Å². The Morgan fingerprint density at radius 2 is 1.83 bits per heavy atom. The molecule has 0 saturated carbocycles. The van der Waals surface area contributed by atoms with E-state index in [1.54, 1.807) is 4.90 Å². The molecule has 1 fully saturated rings. The third-order valence-electron chi connectivity index (χ3n) is 4.87. The Balaban J connectivity index is 1.76. The van der Waals surface area contributed by atoms with E-state index >= 15 is 0 Å². The van der Waals surface area contributed by atoms with Crippen molar-refractivity contribution >= 4 is 11.8 Å². The summed E-state index contributed by atoms with van der Waals surface area (Å²) in [6, 6.07) is 7.70. The highest BCUT2D eigenvalue weighted by Crippen LogP contribution is 2.39. The molecule has 1 N–H and O–H groups in total. The predicted octanol–water partition coefficient (Wildman–Crippen LogP) is 0.390. The first kappa shape index (κ1) is 15.8. The monoisotopic (exact) mass is 318 g/mol. The summed E-state index contributed by atoms with van der Waals surface area (Å²) in [5, 5.41) is 8.93. The fraction of sp³-hybridized carbons (Fsp3) is 0.529. The number of carbonyl (C=O) groups excluding carboxylic acids is 2. The van der Waals surface area contributed by atoms with Crippen LogP contribution in [0.3, 0.4) is 0 Å². The van der Waals surface area contributed by atoms with E-state index in [2.05, 4.69) is 0 Å². The van der Waals surface area contributed by atoms with Gasteiger partial charge in [0, 0.05) is 31.7 Å². The van der Waals surface area contributed by atoms with Gasteiger partial charge in [-0.05, 0) is 19.4 Å². The van der Waals surface area contributed by atoms with Gasteiger partial charge < -0.3 is 19.6 Å². The zero-order chi connectivity index (χ0) is 16.4. The number of nitrogens with zero attached hydrogens (tertiary/aromatic N) is 2. The summed E-state index contributed by atoms with van der Waals surface area (Å²) in [5.74, 6) is 0.591. The van der Waals surface area contributed by atoms with Crippen molar-refractivity contribution in [3.8, 4) is 5.75 Å². The van der Waals surface area contributed by atoms with Gasteiger partial charge in [0.2, 0.25) is 11.8 Å². The molecule has 3 rings (SSSR count). The number of hydrogen-bond acceptors (Lipinski definition) is 4. The Bertz CT molecular complexity index is 610. The van der Waals surface area contributed by atoms with Gasteiger partial charge in [0.05, 0.1) is 12.0 Å². The highest BCUT2D eigenvalue weighted by atomic mass is 16.5. The highest BCUT2D eigenvalue weighted by Gasteiger charge is 2.43. The minimum Gasteiger partial charge on any atom is -0.493 e. The Kier molecular flexibility index (Phi) is 4.26. The lowest BCUT2D eigenvalue weighted by atomic mass is 9.76. The Hall–Kier alpha value is -2.08. The van der Waals surface area contributed by atoms with Gasteiger partial charge in [-0.25, -0.2) is 0 Å². The molecule has 1 unspecified atom stereocenters. The summed E-state index contributed by atoms with van der Waals surface area (Å²) < 4.78 is 5.67. The fourth-order valence-electron chi connectivity index (χ4n) is 3.38. The normalized spacial score (nSPS) is 23.9. The molecule has 2 amide bonds. The fourth-order valence-corrected chi connectivity index (χ4v) is 3.38. The molecule has 6 nitrogen and oxygen atoms in total. The first-order chi connectivity index (χ1) is 11.1. The maximum Gasteiger partial charge on any atom is 0.248 e. The lowest BCUT2D eigenvalue weighted by Crippen LogP contribution is -2.56. The van der Waals surface area contributed by atoms with E-state index in [-0.39, 0.29) is 11.8 Å². The van der Waals surface area contributed by atoms with Crippen molar-refractivity contribution in [3.05, 3.63) is 29.8 Å². The summed E-state index contributed by atoms with van der Waals surface area (Å²) in [6.45, 7) is 3.98. The average Bonchev–Trinajstić information content (AvgIpc) is 2.61. The van der Waals surface area contributed by atoms with Gasteiger partial charge in [0.15, 0.2) is 0 Å². The van der Waals surface area contributed by atoms with Crippen LogP contribution < -0.4 is 4.74 Å². The molecule has 0 spiro atoms. The predicted molar refractivity (Wildman–Crippen MR) is 84.2 cm³/mol. The number of para-hydroxylation sites is 1. The molecule has 124 valence electrons. The van der Waals surface area contributed by atoms with Crippen LogP contribution in [-0.2, 0) is 15.0 Å². The number of hydrogen-bond donors (Lipinski definition) is 1. The van der Waals surface area contributed by atoms with Crippen LogP contribution in [0.5, 0.6) is 5.75 Å². The SMILES string of the molecule is CC1(C(=O)N2CCN(C(=O)CO)CC2)CCOc2ccccc21. The van der Waals surface area contributed by atoms with Crippen molar-refractivity contribution in [1.82, 2.24) is 9.80 Å². The van der Waals surface area contributed by atoms with Crippen molar-refractivity contribution in [2.75, 3.05) is 39.4 Å². The summed E-state index contributed by atoms with van der Waals surface area (Å²) in [4.78, 5) is 28.1. The van der Waals surface area contributed by atoms with Crippen molar-refractivity contribution in [2.45, 2.75) is 18.8 Å². The summed E-state index contributed by atoms with van der Waals surface area (Å²) in [5.41, 5.74) is 0.350. The van der Waals surface area contributed by atoms with Crippen molar-refractivity contribution < 1.29 is 19.4 Å². The zero-order valence-corrected chi connectivity index (χ0v) is 13.3. The van der Waals surface area contributed by atoms with Crippen LogP contribution in [0.25, 0.3) is 0 Å². The van der Waals surface area contributed by atoms with E-state index in [1.807, 2.05) is 36.1 Å². The van der Waals surface area contributed by atoms with E-state index < -0.39 is 12.0 Å². The third kappa shape index (κ3) is 2.79. The Morgan fingerprint density at radius 1 is 1.17 bits per heavy atom. The zero-order valence-electron chi connectivity index (χ0n) is 13.3. The first-order valence-electron chi connectivity index (χ1n) is 7.96. The van der Waals surface area contributed by atoms with Crippen LogP contribution in [0.2, 0.25) is 0 Å². The Morgan fingerprint density at radius 3 is 2.52 bits per heavy atom. The molecule has 2 aliphatic heterocycles. The standard InChI is InChI=1S/C17H22N2O4/c1-17(6-11-23-14-5-3-2-4-13(14)17)16(22)19-9-7-18(8-10-19)15(21)12-20/h2-5,20H,6-12H2,1H3. The lowest BCUT2D eigenvalue weighted by molar-refractivity contribution is -0.144. The molecule has 1 aromatic carbocycles. The molecular weight excluding hydrogens is 296 g/mol. The van der Waals surface area contributed by atoms with Gasteiger partial charge in [-0.3, -0.25) is 9.59 Å². The van der Waals surface area contributed by atoms with Gasteiger partial charge in [0.1, 0.15) is 12.4 Å². The molecule has 6 heteroatoms. The van der Waals surface area contributed by atoms with E-state index in [0.29, 0.717) is 39.2 Å². The largest absolute Gasteiger partial charge is 0.493 e. The first-order valence-corrected chi connectivity index (χ1v) is 7.96.